The van der Waals surface area contributed by atoms with E-state index in [0.29, 0.717) is 4.47 Å². The van der Waals surface area contributed by atoms with Crippen molar-refractivity contribution >= 4 is 31.6 Å². The lowest BCUT2D eigenvalue weighted by Crippen LogP contribution is -2.17. The van der Waals surface area contributed by atoms with Crippen molar-refractivity contribution in [1.82, 2.24) is 0 Å². The topological polar surface area (TPSA) is 66.4 Å². The van der Waals surface area contributed by atoms with E-state index in [-0.39, 0.29) is 24.5 Å². The third-order valence-corrected chi connectivity index (χ3v) is 3.78. The van der Waals surface area contributed by atoms with Crippen molar-refractivity contribution in [2.24, 2.45) is 0 Å². The van der Waals surface area contributed by atoms with E-state index in [1.54, 1.807) is 0 Å². The third-order valence-electron chi connectivity index (χ3n) is 1.77. The van der Waals surface area contributed by atoms with E-state index in [0.717, 1.165) is 6.07 Å². The quantitative estimate of drug-likeness (QED) is 0.870. The zero-order chi connectivity index (χ0) is 12.2. The molecule has 16 heavy (non-hydrogen) atoms. The number of hydrogen-bond donors (Lipinski definition) is 2. The number of rotatable bonds is 5. The number of hydrogen-bond acceptors (Lipinski definition) is 3. The smallest absolute Gasteiger partial charge is 0.232 e. The number of sulfonamides is 1. The van der Waals surface area contributed by atoms with Crippen LogP contribution in [0.15, 0.2) is 22.7 Å². The molecule has 0 aliphatic carbocycles. The molecule has 0 fully saturated rings. The largest absolute Gasteiger partial charge is 0.396 e. The van der Waals surface area contributed by atoms with Crippen LogP contribution in [0.1, 0.15) is 6.42 Å². The first kappa shape index (κ1) is 13.4. The molecule has 0 unspecified atom stereocenters. The van der Waals surface area contributed by atoms with Gasteiger partial charge in [0.15, 0.2) is 0 Å². The summed E-state index contributed by atoms with van der Waals surface area (Å²) in [6.45, 7) is -0.189. The summed E-state index contributed by atoms with van der Waals surface area (Å²) in [4.78, 5) is 0. The summed E-state index contributed by atoms with van der Waals surface area (Å²) in [6.07, 6.45) is 0.161. The maximum absolute atomic E-state index is 12.7. The van der Waals surface area contributed by atoms with E-state index in [1.165, 1.54) is 12.1 Å². The van der Waals surface area contributed by atoms with E-state index in [9.17, 15) is 12.8 Å². The molecule has 90 valence electrons. The Morgan fingerprint density at radius 3 is 2.69 bits per heavy atom. The van der Waals surface area contributed by atoms with Crippen molar-refractivity contribution in [2.45, 2.75) is 6.42 Å². The number of aliphatic hydroxyl groups excluding tert-OH is 1. The maximum Gasteiger partial charge on any atom is 0.232 e. The van der Waals surface area contributed by atoms with E-state index in [4.69, 9.17) is 5.11 Å². The van der Waals surface area contributed by atoms with Crippen molar-refractivity contribution < 1.29 is 17.9 Å². The van der Waals surface area contributed by atoms with Crippen LogP contribution in [0.25, 0.3) is 0 Å². The number of halogens is 2. The average Bonchev–Trinajstić information content (AvgIpc) is 2.19. The van der Waals surface area contributed by atoms with Crippen LogP contribution in [0.5, 0.6) is 0 Å². The Morgan fingerprint density at radius 2 is 2.12 bits per heavy atom. The molecule has 1 aromatic carbocycles. The van der Waals surface area contributed by atoms with Gasteiger partial charge in [-0.3, -0.25) is 4.72 Å². The molecular formula is C9H11BrFNO3S. The van der Waals surface area contributed by atoms with Crippen molar-refractivity contribution in [3.05, 3.63) is 28.5 Å². The van der Waals surface area contributed by atoms with Gasteiger partial charge in [0.05, 0.1) is 11.4 Å². The minimum atomic E-state index is -3.49. The lowest BCUT2D eigenvalue weighted by Gasteiger charge is -2.08. The highest BCUT2D eigenvalue weighted by Gasteiger charge is 2.11. The van der Waals surface area contributed by atoms with Crippen molar-refractivity contribution in [2.75, 3.05) is 17.1 Å². The van der Waals surface area contributed by atoms with Gasteiger partial charge in [0.25, 0.3) is 0 Å². The Balaban J connectivity index is 2.80. The van der Waals surface area contributed by atoms with E-state index in [2.05, 4.69) is 20.7 Å². The van der Waals surface area contributed by atoms with Crippen molar-refractivity contribution in [3.63, 3.8) is 0 Å². The summed E-state index contributed by atoms with van der Waals surface area (Å²) in [5.41, 5.74) is 0.277. The highest BCUT2D eigenvalue weighted by Crippen LogP contribution is 2.24. The van der Waals surface area contributed by atoms with Crippen LogP contribution in [-0.4, -0.2) is 25.9 Å². The molecule has 0 spiro atoms. The molecule has 1 aromatic rings. The van der Waals surface area contributed by atoms with Crippen LogP contribution < -0.4 is 4.72 Å². The summed E-state index contributed by atoms with van der Waals surface area (Å²) >= 11 is 3.05. The van der Waals surface area contributed by atoms with Gasteiger partial charge in [-0.25, -0.2) is 12.8 Å². The number of nitrogens with one attached hydrogen (secondary N) is 1. The fraction of sp³-hybridized carbons (Fsp3) is 0.333. The second-order valence-corrected chi connectivity index (χ2v) is 5.82. The summed E-state index contributed by atoms with van der Waals surface area (Å²) in [6, 6.07) is 3.66. The molecule has 0 amide bonds. The standard InChI is InChI=1S/C9H11BrFNO3S/c10-8-6-7(11)2-3-9(8)12-16(14,15)5-1-4-13/h2-3,6,12-13H,1,4-5H2. The second kappa shape index (κ2) is 5.60. The lowest BCUT2D eigenvalue weighted by atomic mass is 10.3. The van der Waals surface area contributed by atoms with Gasteiger partial charge < -0.3 is 5.11 Å². The normalized spacial score (nSPS) is 11.4. The predicted octanol–water partition coefficient (Wildman–Crippen LogP) is 1.71. The summed E-state index contributed by atoms with van der Waals surface area (Å²) in [7, 11) is -3.49. The Kier molecular flexibility index (Phi) is 4.69. The molecule has 0 atom stereocenters. The SMILES string of the molecule is O=S(=O)(CCCO)Nc1ccc(F)cc1Br. The second-order valence-electron chi connectivity index (χ2n) is 3.12. The summed E-state index contributed by atoms with van der Waals surface area (Å²) in [5, 5.41) is 8.54. The number of anilines is 1. The first-order valence-electron chi connectivity index (χ1n) is 4.51. The number of benzene rings is 1. The highest BCUT2D eigenvalue weighted by molar-refractivity contribution is 9.10. The Bertz CT molecular complexity index is 464. The lowest BCUT2D eigenvalue weighted by molar-refractivity contribution is 0.295. The average molecular weight is 312 g/mol. The molecular weight excluding hydrogens is 301 g/mol. The van der Waals surface area contributed by atoms with Crippen LogP contribution in [0.2, 0.25) is 0 Å². The van der Waals surface area contributed by atoms with Crippen LogP contribution in [0, 0.1) is 5.82 Å². The van der Waals surface area contributed by atoms with Crippen LogP contribution in [-0.2, 0) is 10.0 Å². The molecule has 0 heterocycles. The zero-order valence-corrected chi connectivity index (χ0v) is 10.7. The molecule has 0 aromatic heterocycles. The van der Waals surface area contributed by atoms with Crippen molar-refractivity contribution in [1.29, 1.82) is 0 Å². The van der Waals surface area contributed by atoms with Crippen LogP contribution >= 0.6 is 15.9 Å². The highest BCUT2D eigenvalue weighted by atomic mass is 79.9. The molecule has 0 bridgehead atoms. The Hall–Kier alpha value is -0.660. The van der Waals surface area contributed by atoms with Gasteiger partial charge >= 0.3 is 0 Å². The first-order valence-corrected chi connectivity index (χ1v) is 6.95. The van der Waals surface area contributed by atoms with Gasteiger partial charge in [0, 0.05) is 11.1 Å². The molecule has 2 N–H and O–H groups in total. The number of aliphatic hydroxyl groups is 1. The summed E-state index contributed by atoms with van der Waals surface area (Å²) in [5.74, 6) is -0.627. The minimum Gasteiger partial charge on any atom is -0.396 e. The molecule has 0 aliphatic rings. The van der Waals surface area contributed by atoms with Gasteiger partial charge in [-0.15, -0.1) is 0 Å². The van der Waals surface area contributed by atoms with Gasteiger partial charge in [-0.1, -0.05) is 0 Å². The molecule has 0 saturated heterocycles. The fourth-order valence-electron chi connectivity index (χ4n) is 1.05. The predicted molar refractivity (Wildman–Crippen MR) is 63.2 cm³/mol. The molecule has 4 nitrogen and oxygen atoms in total. The first-order chi connectivity index (χ1) is 7.44. The zero-order valence-electron chi connectivity index (χ0n) is 8.28. The Morgan fingerprint density at radius 1 is 1.44 bits per heavy atom. The maximum atomic E-state index is 12.7. The molecule has 1 rings (SSSR count). The van der Waals surface area contributed by atoms with E-state index in [1.807, 2.05) is 0 Å². The Labute approximate surface area is 102 Å². The van der Waals surface area contributed by atoms with Crippen LogP contribution in [0.4, 0.5) is 10.1 Å². The van der Waals surface area contributed by atoms with Gasteiger partial charge in [-0.2, -0.15) is 0 Å². The molecule has 7 heteroatoms. The summed E-state index contributed by atoms with van der Waals surface area (Å²) < 4.78 is 38.3. The molecule has 0 saturated carbocycles. The monoisotopic (exact) mass is 311 g/mol. The fourth-order valence-corrected chi connectivity index (χ4v) is 2.75. The molecule has 0 radical (unpaired) electrons. The van der Waals surface area contributed by atoms with E-state index >= 15 is 0 Å². The van der Waals surface area contributed by atoms with E-state index < -0.39 is 15.8 Å². The van der Waals surface area contributed by atoms with Gasteiger partial charge in [-0.05, 0) is 40.5 Å². The van der Waals surface area contributed by atoms with Crippen LogP contribution in [0.3, 0.4) is 0 Å². The third kappa shape index (κ3) is 4.07. The van der Waals surface area contributed by atoms with Crippen molar-refractivity contribution in [3.8, 4) is 0 Å². The molecule has 0 aliphatic heterocycles. The van der Waals surface area contributed by atoms with Gasteiger partial charge in [0.1, 0.15) is 5.82 Å². The minimum absolute atomic E-state index is 0.161. The van der Waals surface area contributed by atoms with Gasteiger partial charge in [0.2, 0.25) is 10.0 Å².